The first kappa shape index (κ1) is 21.9. The van der Waals surface area contributed by atoms with E-state index in [2.05, 4.69) is 22.3 Å². The molecule has 0 bridgehead atoms. The lowest BCUT2D eigenvalue weighted by Gasteiger charge is -2.33. The number of nitrogens with zero attached hydrogens (tertiary/aromatic N) is 1. The average molecular weight is 467 g/mol. The van der Waals surface area contributed by atoms with Crippen LogP contribution in [-0.2, 0) is 16.8 Å². The summed E-state index contributed by atoms with van der Waals surface area (Å²) in [7, 11) is 0. The zero-order valence-electron chi connectivity index (χ0n) is 19.2. The minimum absolute atomic E-state index is 0.0899. The molecule has 180 valence electrons. The number of carbonyl (C=O) groups excluding carboxylic acids is 1. The second-order valence-corrected chi connectivity index (χ2v) is 10.3. The average Bonchev–Trinajstić information content (AvgIpc) is 3.34. The van der Waals surface area contributed by atoms with E-state index >= 15 is 0 Å². The molecule has 0 spiro atoms. The van der Waals surface area contributed by atoms with Crippen LogP contribution in [0.15, 0.2) is 48.5 Å². The number of likely N-dealkylation sites (tertiary alicyclic amines) is 1. The van der Waals surface area contributed by atoms with E-state index in [1.54, 1.807) is 12.1 Å². The van der Waals surface area contributed by atoms with Gasteiger partial charge in [-0.25, -0.2) is 4.39 Å². The van der Waals surface area contributed by atoms with E-state index in [0.29, 0.717) is 30.2 Å². The molecule has 2 saturated carbocycles. The Kier molecular flexibility index (Phi) is 5.49. The zero-order valence-corrected chi connectivity index (χ0v) is 19.2. The van der Waals surface area contributed by atoms with Crippen molar-refractivity contribution in [2.24, 2.45) is 17.8 Å². The fraction of sp³-hybridized carbons (Fsp3) is 0.519. The Bertz CT molecular complexity index is 1050. The van der Waals surface area contributed by atoms with Crippen molar-refractivity contribution in [1.82, 2.24) is 10.2 Å². The minimum atomic E-state index is -1.68. The Balaban J connectivity index is 1.05. The largest absolute Gasteiger partial charge is 0.454 e. The number of nitrogens with one attached hydrogen (secondary N) is 1. The number of aliphatic hydroxyl groups is 1. The summed E-state index contributed by atoms with van der Waals surface area (Å²) in [5.41, 5.74) is 0.103. The molecular formula is C27H31FN2O4. The fourth-order valence-electron chi connectivity index (χ4n) is 6.21. The van der Waals surface area contributed by atoms with Crippen molar-refractivity contribution in [2.45, 2.75) is 43.5 Å². The summed E-state index contributed by atoms with van der Waals surface area (Å²) in [6, 6.07) is 15.2. The number of hydrogen-bond acceptors (Lipinski definition) is 5. The maximum Gasteiger partial charge on any atom is 0.257 e. The molecule has 6 atom stereocenters. The third kappa shape index (κ3) is 3.85. The Hall–Kier alpha value is -2.64. The van der Waals surface area contributed by atoms with Gasteiger partial charge in [0.2, 0.25) is 6.79 Å². The molecule has 1 amide bonds. The normalized spacial score (nSPS) is 31.2. The quantitative estimate of drug-likeness (QED) is 0.657. The predicted octanol–water partition coefficient (Wildman–Crippen LogP) is 3.03. The first-order chi connectivity index (χ1) is 16.5. The maximum absolute atomic E-state index is 14.0. The van der Waals surface area contributed by atoms with Crippen molar-refractivity contribution in [3.8, 4) is 11.5 Å². The van der Waals surface area contributed by atoms with E-state index in [4.69, 9.17) is 9.47 Å². The Morgan fingerprint density at radius 3 is 2.59 bits per heavy atom. The second kappa shape index (κ2) is 8.54. The van der Waals surface area contributed by atoms with Crippen LogP contribution in [0.1, 0.15) is 30.4 Å². The minimum Gasteiger partial charge on any atom is -0.454 e. The number of amides is 1. The van der Waals surface area contributed by atoms with Crippen LogP contribution in [0.5, 0.6) is 11.5 Å². The molecule has 0 radical (unpaired) electrons. The van der Waals surface area contributed by atoms with Gasteiger partial charge in [0.15, 0.2) is 17.1 Å². The first-order valence-corrected chi connectivity index (χ1v) is 12.4. The van der Waals surface area contributed by atoms with Crippen molar-refractivity contribution < 1.29 is 23.8 Å². The molecule has 4 unspecified atom stereocenters. The van der Waals surface area contributed by atoms with Gasteiger partial charge >= 0.3 is 0 Å². The Morgan fingerprint density at radius 2 is 1.85 bits per heavy atom. The maximum atomic E-state index is 14.0. The second-order valence-electron chi connectivity index (χ2n) is 10.3. The van der Waals surface area contributed by atoms with Crippen LogP contribution in [0.3, 0.4) is 0 Å². The molecule has 6 rings (SSSR count). The molecule has 34 heavy (non-hydrogen) atoms. The lowest BCUT2D eigenvalue weighted by molar-refractivity contribution is -0.148. The van der Waals surface area contributed by atoms with Crippen LogP contribution < -0.4 is 14.8 Å². The fourth-order valence-corrected chi connectivity index (χ4v) is 6.21. The monoisotopic (exact) mass is 466 g/mol. The van der Waals surface area contributed by atoms with Gasteiger partial charge in [-0.3, -0.25) is 4.79 Å². The summed E-state index contributed by atoms with van der Waals surface area (Å²) in [5, 5.41) is 14.8. The lowest BCUT2D eigenvalue weighted by atomic mass is 9.79. The molecule has 3 fully saturated rings. The highest BCUT2D eigenvalue weighted by Gasteiger charge is 2.58. The van der Waals surface area contributed by atoms with E-state index in [0.717, 1.165) is 37.6 Å². The third-order valence-corrected chi connectivity index (χ3v) is 8.24. The van der Waals surface area contributed by atoms with E-state index in [1.165, 1.54) is 5.56 Å². The molecule has 2 heterocycles. The van der Waals surface area contributed by atoms with Crippen molar-refractivity contribution in [3.05, 3.63) is 59.7 Å². The van der Waals surface area contributed by atoms with Gasteiger partial charge in [0, 0.05) is 31.6 Å². The van der Waals surface area contributed by atoms with Gasteiger partial charge in [-0.1, -0.05) is 36.4 Å². The van der Waals surface area contributed by atoms with Gasteiger partial charge in [-0.2, -0.15) is 0 Å². The van der Waals surface area contributed by atoms with Crippen molar-refractivity contribution in [3.63, 3.8) is 0 Å². The van der Waals surface area contributed by atoms with E-state index in [1.807, 2.05) is 24.3 Å². The first-order valence-electron chi connectivity index (χ1n) is 12.4. The number of carbonyl (C=O) groups is 1. The third-order valence-electron chi connectivity index (χ3n) is 8.24. The number of rotatable bonds is 7. The van der Waals surface area contributed by atoms with Crippen LogP contribution in [0.4, 0.5) is 4.39 Å². The van der Waals surface area contributed by atoms with Crippen LogP contribution in [0.25, 0.3) is 0 Å². The summed E-state index contributed by atoms with van der Waals surface area (Å²) < 4.78 is 24.8. The molecule has 2 aliphatic heterocycles. The smallest absolute Gasteiger partial charge is 0.257 e. The molecule has 2 aromatic carbocycles. The Labute approximate surface area is 199 Å². The number of ether oxygens (including phenoxy) is 2. The summed E-state index contributed by atoms with van der Waals surface area (Å²) >= 11 is 0. The van der Waals surface area contributed by atoms with Gasteiger partial charge in [0.05, 0.1) is 0 Å². The van der Waals surface area contributed by atoms with Gasteiger partial charge in [0.25, 0.3) is 5.91 Å². The van der Waals surface area contributed by atoms with Crippen LogP contribution in [0.2, 0.25) is 0 Å². The molecule has 2 aromatic rings. The lowest BCUT2D eigenvalue weighted by Crippen LogP contribution is -2.51. The number of piperidine rings is 1. The number of alkyl halides is 1. The summed E-state index contributed by atoms with van der Waals surface area (Å²) in [6.45, 7) is 3.14. The highest BCUT2D eigenvalue weighted by molar-refractivity contribution is 5.87. The van der Waals surface area contributed by atoms with Crippen LogP contribution in [0, 0.1) is 17.8 Å². The van der Waals surface area contributed by atoms with Crippen molar-refractivity contribution >= 4 is 5.91 Å². The summed E-state index contributed by atoms with van der Waals surface area (Å²) in [5.74, 6) is 1.68. The molecule has 0 aromatic heterocycles. The standard InChI is InChI=1S/C27H31FN2O4/c28-20-8-7-19(13-20)27(32,18-4-2-1-3-5-18)26(31)29-25-21-14-30(15-22(21)25)11-10-17-6-9-23-24(12-17)34-16-33-23/h1-6,9,12,19-22,25,32H,7-8,10-11,13-16H2,(H,29,31)/t19?,20?,21-,22+,25?,27?. The highest BCUT2D eigenvalue weighted by Crippen LogP contribution is 2.47. The molecule has 2 N–H and O–H groups in total. The molecule has 4 aliphatic rings. The van der Waals surface area contributed by atoms with Crippen LogP contribution in [-0.4, -0.2) is 54.6 Å². The SMILES string of the molecule is O=C(NC1[C@H]2CN(CCc3ccc4c(c3)OCO4)C[C@@H]12)C(O)(c1ccccc1)C1CCC(F)C1. The number of halogens is 1. The van der Waals surface area contributed by atoms with Crippen molar-refractivity contribution in [2.75, 3.05) is 26.4 Å². The highest BCUT2D eigenvalue weighted by atomic mass is 19.1. The Morgan fingerprint density at radius 1 is 1.09 bits per heavy atom. The van der Waals surface area contributed by atoms with E-state index in [9.17, 15) is 14.3 Å². The topological polar surface area (TPSA) is 71.0 Å². The molecular weight excluding hydrogens is 435 g/mol. The molecule has 6 nitrogen and oxygen atoms in total. The summed E-state index contributed by atoms with van der Waals surface area (Å²) in [4.78, 5) is 15.8. The predicted molar refractivity (Wildman–Crippen MR) is 124 cm³/mol. The van der Waals surface area contributed by atoms with Gasteiger partial charge in [0.1, 0.15) is 6.17 Å². The molecule has 7 heteroatoms. The number of hydrogen-bond donors (Lipinski definition) is 2. The molecule has 2 aliphatic carbocycles. The van der Waals surface area contributed by atoms with Crippen molar-refractivity contribution in [1.29, 1.82) is 0 Å². The number of benzene rings is 2. The van der Waals surface area contributed by atoms with E-state index in [-0.39, 0.29) is 25.2 Å². The summed E-state index contributed by atoms with van der Waals surface area (Å²) in [6.07, 6.45) is 1.13. The van der Waals surface area contributed by atoms with Gasteiger partial charge < -0.3 is 24.8 Å². The molecule has 1 saturated heterocycles. The zero-order chi connectivity index (χ0) is 23.3. The number of fused-ring (bicyclic) bond motifs is 2. The van der Waals surface area contributed by atoms with Gasteiger partial charge in [-0.15, -0.1) is 0 Å². The van der Waals surface area contributed by atoms with E-state index < -0.39 is 17.7 Å². The van der Waals surface area contributed by atoms with Crippen LogP contribution >= 0.6 is 0 Å². The van der Waals surface area contributed by atoms with Gasteiger partial charge in [-0.05, 0) is 60.8 Å².